The molecule has 17 nitrogen and oxygen atoms in total. The van der Waals surface area contributed by atoms with Crippen LogP contribution < -0.4 is 0 Å². The molecule has 0 aromatic heterocycles. The van der Waals surface area contributed by atoms with Gasteiger partial charge in [-0.2, -0.15) is 0 Å². The molecule has 6 atom stereocenters. The minimum Gasteiger partial charge on any atom is -0.462 e. The topological polar surface area (TPSA) is 237 Å². The Morgan fingerprint density at radius 3 is 0.784 bits per heavy atom. The fourth-order valence-corrected chi connectivity index (χ4v) is 13.5. The summed E-state index contributed by atoms with van der Waals surface area (Å²) >= 11 is 0. The van der Waals surface area contributed by atoms with E-state index in [1.807, 2.05) is 0 Å². The Kier molecular flexibility index (Phi) is 67.1. The molecule has 0 aliphatic carbocycles. The van der Waals surface area contributed by atoms with Crippen LogP contribution in [0.15, 0.2) is 0 Å². The van der Waals surface area contributed by atoms with Crippen LogP contribution in [0.2, 0.25) is 0 Å². The molecule has 0 amide bonds. The zero-order chi connectivity index (χ0) is 71.6. The third-order valence-corrected chi connectivity index (χ3v) is 20.4. The summed E-state index contributed by atoms with van der Waals surface area (Å²) in [6.45, 7) is 12.0. The van der Waals surface area contributed by atoms with Crippen LogP contribution >= 0.6 is 15.6 Å². The summed E-state index contributed by atoms with van der Waals surface area (Å²) in [5, 5.41) is 10.6. The lowest BCUT2D eigenvalue weighted by Gasteiger charge is -2.21. The molecule has 0 bridgehead atoms. The number of phosphoric acid groups is 2. The molecule has 0 aliphatic rings. The van der Waals surface area contributed by atoms with Crippen LogP contribution in [0.3, 0.4) is 0 Å². The predicted octanol–water partition coefficient (Wildman–Crippen LogP) is 23.0. The molecule has 0 aliphatic heterocycles. The van der Waals surface area contributed by atoms with Crippen molar-refractivity contribution < 1.29 is 80.2 Å². The summed E-state index contributed by atoms with van der Waals surface area (Å²) in [6.07, 6.45) is 55.3. The Labute approximate surface area is 594 Å². The molecular formula is C78H152O17P2. The van der Waals surface area contributed by atoms with E-state index >= 15 is 0 Å². The second-order valence-electron chi connectivity index (χ2n) is 29.3. The van der Waals surface area contributed by atoms with Gasteiger partial charge in [0.25, 0.3) is 0 Å². The number of aliphatic hydroxyl groups excluding tert-OH is 1. The maximum Gasteiger partial charge on any atom is 0.472 e. The highest BCUT2D eigenvalue weighted by Crippen LogP contribution is 2.45. The van der Waals surface area contributed by atoms with Crippen molar-refractivity contribution in [2.24, 2.45) is 17.8 Å². The molecule has 0 saturated heterocycles. The zero-order valence-electron chi connectivity index (χ0n) is 63.5. The van der Waals surface area contributed by atoms with E-state index in [0.29, 0.717) is 25.7 Å². The first-order chi connectivity index (χ1) is 46.8. The summed E-state index contributed by atoms with van der Waals surface area (Å²) in [4.78, 5) is 72.9. The highest BCUT2D eigenvalue weighted by molar-refractivity contribution is 7.47. The molecule has 0 aromatic carbocycles. The molecule has 97 heavy (non-hydrogen) atoms. The van der Waals surface area contributed by atoms with Gasteiger partial charge in [0.15, 0.2) is 12.2 Å². The first-order valence-corrected chi connectivity index (χ1v) is 43.4. The largest absolute Gasteiger partial charge is 0.472 e. The van der Waals surface area contributed by atoms with Crippen LogP contribution in [-0.2, 0) is 65.4 Å². The van der Waals surface area contributed by atoms with E-state index < -0.39 is 97.5 Å². The number of carbonyl (C=O) groups excluding carboxylic acids is 4. The van der Waals surface area contributed by atoms with Crippen LogP contribution in [0.4, 0.5) is 0 Å². The third kappa shape index (κ3) is 70.9. The summed E-state index contributed by atoms with van der Waals surface area (Å²) < 4.78 is 68.6. The normalized spacial score (nSPS) is 14.3. The van der Waals surface area contributed by atoms with Gasteiger partial charge in [-0.1, -0.05) is 350 Å². The Morgan fingerprint density at radius 2 is 0.526 bits per heavy atom. The predicted molar refractivity (Wildman–Crippen MR) is 395 cm³/mol. The van der Waals surface area contributed by atoms with Crippen LogP contribution in [0.1, 0.15) is 402 Å². The quantitative estimate of drug-likeness (QED) is 0.0222. The molecule has 3 N–H and O–H groups in total. The van der Waals surface area contributed by atoms with E-state index in [0.717, 1.165) is 108 Å². The first kappa shape index (κ1) is 95.1. The molecule has 0 aromatic rings. The van der Waals surface area contributed by atoms with E-state index in [2.05, 4.69) is 48.5 Å². The third-order valence-electron chi connectivity index (χ3n) is 18.5. The summed E-state index contributed by atoms with van der Waals surface area (Å²) in [5.41, 5.74) is 0. The fraction of sp³-hybridized carbons (Fsp3) is 0.949. The Bertz CT molecular complexity index is 1890. The smallest absolute Gasteiger partial charge is 0.462 e. The van der Waals surface area contributed by atoms with Gasteiger partial charge >= 0.3 is 39.5 Å². The van der Waals surface area contributed by atoms with Crippen LogP contribution in [0.5, 0.6) is 0 Å². The lowest BCUT2D eigenvalue weighted by molar-refractivity contribution is -0.161. The number of carbonyl (C=O) groups is 4. The van der Waals surface area contributed by atoms with Gasteiger partial charge in [0.05, 0.1) is 26.4 Å². The number of hydrogen-bond acceptors (Lipinski definition) is 15. The van der Waals surface area contributed by atoms with Crippen molar-refractivity contribution in [3.8, 4) is 0 Å². The van der Waals surface area contributed by atoms with Gasteiger partial charge < -0.3 is 33.8 Å². The molecule has 576 valence electrons. The van der Waals surface area contributed by atoms with Crippen molar-refractivity contribution in [3.05, 3.63) is 0 Å². The standard InChI is InChI=1S/C78H152O17P2/c1-8-10-11-12-13-14-21-31-38-45-52-59-75(80)88-65-74(95-78(83)62-55-48-41-34-26-24-29-36-43-50-57-70(5)6)68-93-97(86,87)91-64-72(79)63-90-96(84,85)92-67-73(66-89-76(81)60-53-46-39-32-27-25-30-37-44-51-58-71(7)9-2)94-77(82)61-54-47-40-33-23-20-18-16-15-17-19-22-28-35-42-49-56-69(3)4/h69-74,79H,8-68H2,1-7H3,(H,84,85)(H,86,87)/t71?,72-,73-,74-/m1/s1. The van der Waals surface area contributed by atoms with Crippen molar-refractivity contribution >= 4 is 39.5 Å². The van der Waals surface area contributed by atoms with E-state index in [9.17, 15) is 43.2 Å². The number of ether oxygens (including phenoxy) is 4. The molecule has 0 fully saturated rings. The van der Waals surface area contributed by atoms with Gasteiger partial charge in [-0.15, -0.1) is 0 Å². The summed E-state index contributed by atoms with van der Waals surface area (Å²) in [7, 11) is -9.92. The lowest BCUT2D eigenvalue weighted by Crippen LogP contribution is -2.30. The monoisotopic (exact) mass is 1420 g/mol. The zero-order valence-corrected chi connectivity index (χ0v) is 65.3. The van der Waals surface area contributed by atoms with E-state index in [1.165, 1.54) is 212 Å². The van der Waals surface area contributed by atoms with Crippen molar-refractivity contribution in [2.75, 3.05) is 39.6 Å². The number of phosphoric ester groups is 2. The van der Waals surface area contributed by atoms with E-state index in [-0.39, 0.29) is 25.7 Å². The van der Waals surface area contributed by atoms with Crippen molar-refractivity contribution in [1.82, 2.24) is 0 Å². The molecule has 0 rings (SSSR count). The van der Waals surface area contributed by atoms with Crippen molar-refractivity contribution in [2.45, 2.75) is 420 Å². The Balaban J connectivity index is 5.25. The van der Waals surface area contributed by atoms with Gasteiger partial charge in [0.2, 0.25) is 0 Å². The van der Waals surface area contributed by atoms with Gasteiger partial charge in [-0.3, -0.25) is 37.3 Å². The number of rotatable bonds is 76. The van der Waals surface area contributed by atoms with Gasteiger partial charge in [-0.25, -0.2) is 9.13 Å². The van der Waals surface area contributed by atoms with Crippen molar-refractivity contribution in [3.63, 3.8) is 0 Å². The molecule has 0 spiro atoms. The van der Waals surface area contributed by atoms with Crippen molar-refractivity contribution in [1.29, 1.82) is 0 Å². The molecule has 0 heterocycles. The minimum absolute atomic E-state index is 0.106. The highest BCUT2D eigenvalue weighted by Gasteiger charge is 2.30. The van der Waals surface area contributed by atoms with Crippen LogP contribution in [0, 0.1) is 17.8 Å². The number of aliphatic hydroxyl groups is 1. The van der Waals surface area contributed by atoms with E-state index in [4.69, 9.17) is 37.0 Å². The van der Waals surface area contributed by atoms with E-state index in [1.54, 1.807) is 0 Å². The fourth-order valence-electron chi connectivity index (χ4n) is 11.9. The molecule has 19 heteroatoms. The van der Waals surface area contributed by atoms with Gasteiger partial charge in [-0.05, 0) is 43.4 Å². The number of unbranched alkanes of at least 4 members (excludes halogenated alkanes) is 43. The lowest BCUT2D eigenvalue weighted by atomic mass is 9.99. The maximum atomic E-state index is 13.1. The minimum atomic E-state index is -4.96. The average Bonchev–Trinajstić information content (AvgIpc) is 1.36. The molecule has 0 radical (unpaired) electrons. The number of esters is 4. The average molecular weight is 1420 g/mol. The second-order valence-corrected chi connectivity index (χ2v) is 32.2. The SMILES string of the molecule is CCCCCCCCCCCCCC(=O)OC[C@H](COP(=O)(O)OC[C@H](O)COP(=O)(O)OC[C@@H](COC(=O)CCCCCCCCCCCCC(C)CC)OC(=O)CCCCCCCCCCCCCCCCCCC(C)C)OC(=O)CCCCCCCCCCCCC(C)C. The highest BCUT2D eigenvalue weighted by atomic mass is 31.2. The van der Waals surface area contributed by atoms with Gasteiger partial charge in [0.1, 0.15) is 19.3 Å². The Hall–Kier alpha value is -1.94. The Morgan fingerprint density at radius 1 is 0.299 bits per heavy atom. The summed E-state index contributed by atoms with van der Waals surface area (Å²) in [6, 6.07) is 0. The number of hydrogen-bond donors (Lipinski definition) is 3. The van der Waals surface area contributed by atoms with Crippen LogP contribution in [0.25, 0.3) is 0 Å². The molecular weight excluding hydrogens is 1270 g/mol. The molecule has 3 unspecified atom stereocenters. The maximum absolute atomic E-state index is 13.1. The second kappa shape index (κ2) is 68.5. The first-order valence-electron chi connectivity index (χ1n) is 40.4. The molecule has 0 saturated carbocycles. The van der Waals surface area contributed by atoms with Crippen LogP contribution in [-0.4, -0.2) is 96.7 Å². The summed E-state index contributed by atoms with van der Waals surface area (Å²) in [5.74, 6) is 0.257. The van der Waals surface area contributed by atoms with Gasteiger partial charge in [0, 0.05) is 25.7 Å².